The smallest absolute Gasteiger partial charge is 0.255 e. The molecule has 174 valence electrons. The minimum absolute atomic E-state index is 0.00630. The lowest BCUT2D eigenvalue weighted by Crippen LogP contribution is -2.14. The van der Waals surface area contributed by atoms with Crippen molar-refractivity contribution in [1.29, 1.82) is 0 Å². The maximum atomic E-state index is 13.3. The summed E-state index contributed by atoms with van der Waals surface area (Å²) in [5, 5.41) is 3.43. The predicted octanol–water partition coefficient (Wildman–Crippen LogP) is 7.01. The lowest BCUT2D eigenvalue weighted by molar-refractivity contribution is 0.101. The van der Waals surface area contributed by atoms with Gasteiger partial charge in [0, 0.05) is 16.5 Å². The number of fused-ring (bicyclic) bond motifs is 1. The van der Waals surface area contributed by atoms with Crippen LogP contribution in [0.5, 0.6) is 5.75 Å². The first-order chi connectivity index (χ1) is 16.6. The molecule has 4 aromatic rings. The fraction of sp³-hybridized carbons (Fsp3) is 0.214. The van der Waals surface area contributed by atoms with E-state index in [-0.39, 0.29) is 22.9 Å². The molecular formula is C28H26FNO4. The van der Waals surface area contributed by atoms with E-state index in [2.05, 4.69) is 12.2 Å². The second-order valence-electron chi connectivity index (χ2n) is 8.03. The minimum atomic E-state index is -0.446. The van der Waals surface area contributed by atoms with Crippen LogP contribution >= 0.6 is 0 Å². The van der Waals surface area contributed by atoms with Crippen molar-refractivity contribution in [3.8, 4) is 5.75 Å². The van der Waals surface area contributed by atoms with E-state index in [1.54, 1.807) is 48.5 Å². The Balaban J connectivity index is 1.53. The van der Waals surface area contributed by atoms with Gasteiger partial charge in [-0.1, -0.05) is 38.3 Å². The molecule has 0 saturated heterocycles. The topological polar surface area (TPSA) is 68.5 Å². The van der Waals surface area contributed by atoms with E-state index in [9.17, 15) is 14.0 Å². The summed E-state index contributed by atoms with van der Waals surface area (Å²) < 4.78 is 24.8. The van der Waals surface area contributed by atoms with Crippen LogP contribution in [0.4, 0.5) is 10.1 Å². The number of halogens is 1. The van der Waals surface area contributed by atoms with Crippen LogP contribution in [0.2, 0.25) is 0 Å². The van der Waals surface area contributed by atoms with Crippen molar-refractivity contribution >= 4 is 28.3 Å². The van der Waals surface area contributed by atoms with Crippen molar-refractivity contribution in [1.82, 2.24) is 0 Å². The molecule has 0 aliphatic heterocycles. The van der Waals surface area contributed by atoms with E-state index in [4.69, 9.17) is 9.15 Å². The zero-order valence-electron chi connectivity index (χ0n) is 19.0. The highest BCUT2D eigenvalue weighted by Crippen LogP contribution is 2.33. The number of para-hydroxylation sites is 1. The van der Waals surface area contributed by atoms with Crippen LogP contribution in [0, 0.1) is 5.82 Å². The average Bonchev–Trinajstić information content (AvgIpc) is 3.22. The van der Waals surface area contributed by atoms with E-state index in [1.807, 2.05) is 0 Å². The number of rotatable bonds is 10. The molecule has 1 aromatic heterocycles. The summed E-state index contributed by atoms with van der Waals surface area (Å²) in [6, 6.07) is 19.1. The average molecular weight is 460 g/mol. The Hall–Kier alpha value is -3.93. The van der Waals surface area contributed by atoms with Crippen molar-refractivity contribution in [3.63, 3.8) is 0 Å². The largest absolute Gasteiger partial charge is 0.494 e. The molecule has 1 heterocycles. The zero-order valence-corrected chi connectivity index (χ0v) is 19.0. The highest BCUT2D eigenvalue weighted by Gasteiger charge is 2.23. The van der Waals surface area contributed by atoms with E-state index in [1.165, 1.54) is 37.1 Å². The Bertz CT molecular complexity index is 1280. The summed E-state index contributed by atoms with van der Waals surface area (Å²) in [7, 11) is 0. The minimum Gasteiger partial charge on any atom is -0.494 e. The molecule has 3 aromatic carbocycles. The van der Waals surface area contributed by atoms with Gasteiger partial charge < -0.3 is 14.5 Å². The van der Waals surface area contributed by atoms with Crippen LogP contribution < -0.4 is 10.1 Å². The van der Waals surface area contributed by atoms with Gasteiger partial charge in [0.25, 0.3) is 5.91 Å². The molecule has 1 amide bonds. The van der Waals surface area contributed by atoms with Crippen LogP contribution in [0.3, 0.4) is 0 Å². The second-order valence-corrected chi connectivity index (χ2v) is 8.03. The highest BCUT2D eigenvalue weighted by atomic mass is 19.1. The first-order valence-electron chi connectivity index (χ1n) is 11.4. The van der Waals surface area contributed by atoms with Crippen LogP contribution in [-0.4, -0.2) is 18.3 Å². The third-order valence-electron chi connectivity index (χ3n) is 5.53. The maximum Gasteiger partial charge on any atom is 0.255 e. The van der Waals surface area contributed by atoms with E-state index < -0.39 is 11.6 Å². The molecule has 0 spiro atoms. The summed E-state index contributed by atoms with van der Waals surface area (Å²) >= 11 is 0. The van der Waals surface area contributed by atoms with Gasteiger partial charge in [0.05, 0.1) is 12.3 Å². The molecule has 34 heavy (non-hydrogen) atoms. The summed E-state index contributed by atoms with van der Waals surface area (Å²) in [5.74, 6) is -0.572. The summed E-state index contributed by atoms with van der Waals surface area (Å²) in [6.07, 6.45) is 4.49. The third-order valence-corrected chi connectivity index (χ3v) is 5.53. The van der Waals surface area contributed by atoms with E-state index in [0.717, 1.165) is 12.8 Å². The number of ketones is 1. The van der Waals surface area contributed by atoms with Gasteiger partial charge in [0.1, 0.15) is 17.1 Å². The van der Waals surface area contributed by atoms with Crippen LogP contribution in [-0.2, 0) is 0 Å². The fourth-order valence-corrected chi connectivity index (χ4v) is 3.67. The van der Waals surface area contributed by atoms with Crippen LogP contribution in [0.25, 0.3) is 11.0 Å². The number of amides is 1. The van der Waals surface area contributed by atoms with Gasteiger partial charge in [-0.3, -0.25) is 9.59 Å². The number of carbonyl (C=O) groups excluding carboxylic acids is 2. The SMILES string of the molecule is CCCCCCOc1ccc(C(=O)Nc2c(C(=O)c3ccc(F)cc3)oc3ccccc23)cc1. The monoisotopic (exact) mass is 459 g/mol. The number of hydrogen-bond donors (Lipinski definition) is 1. The summed E-state index contributed by atoms with van der Waals surface area (Å²) in [4.78, 5) is 26.1. The van der Waals surface area contributed by atoms with Crippen molar-refractivity contribution in [2.24, 2.45) is 0 Å². The number of nitrogens with one attached hydrogen (secondary N) is 1. The van der Waals surface area contributed by atoms with Crippen molar-refractivity contribution in [2.45, 2.75) is 32.6 Å². The Kier molecular flexibility index (Phi) is 7.38. The van der Waals surface area contributed by atoms with E-state index in [0.29, 0.717) is 28.9 Å². The van der Waals surface area contributed by atoms with Crippen molar-refractivity contribution < 1.29 is 23.1 Å². The summed E-state index contributed by atoms with van der Waals surface area (Å²) in [5.41, 5.74) is 1.43. The number of hydrogen-bond acceptors (Lipinski definition) is 4. The number of benzene rings is 3. The van der Waals surface area contributed by atoms with Gasteiger partial charge in [0.15, 0.2) is 5.76 Å². The number of furan rings is 1. The lowest BCUT2D eigenvalue weighted by Gasteiger charge is -2.08. The molecule has 0 bridgehead atoms. The van der Waals surface area contributed by atoms with E-state index >= 15 is 0 Å². The molecule has 0 unspecified atom stereocenters. The fourth-order valence-electron chi connectivity index (χ4n) is 3.67. The molecule has 0 saturated carbocycles. The standard InChI is InChI=1S/C28H26FNO4/c1-2-3-4-7-18-33-22-16-12-20(13-17-22)28(32)30-25-23-8-5-6-9-24(23)34-27(25)26(31)19-10-14-21(29)15-11-19/h5-6,8-17H,2-4,7,18H2,1H3,(H,30,32). The highest BCUT2D eigenvalue weighted by molar-refractivity contribution is 6.18. The molecule has 0 aliphatic carbocycles. The second kappa shape index (κ2) is 10.8. The molecule has 5 nitrogen and oxygen atoms in total. The number of carbonyl (C=O) groups is 2. The molecule has 4 rings (SSSR count). The molecule has 6 heteroatoms. The number of ether oxygens (including phenoxy) is 1. The lowest BCUT2D eigenvalue weighted by atomic mass is 10.1. The zero-order chi connectivity index (χ0) is 23.9. The molecular weight excluding hydrogens is 433 g/mol. The summed E-state index contributed by atoms with van der Waals surface area (Å²) in [6.45, 7) is 2.81. The quantitative estimate of drug-likeness (QED) is 0.204. The van der Waals surface area contributed by atoms with Gasteiger partial charge in [-0.05, 0) is 67.1 Å². The van der Waals surface area contributed by atoms with Gasteiger partial charge in [0.2, 0.25) is 5.78 Å². The Morgan fingerprint density at radius 2 is 1.59 bits per heavy atom. The third kappa shape index (κ3) is 5.34. The van der Waals surface area contributed by atoms with Crippen molar-refractivity contribution in [2.75, 3.05) is 11.9 Å². The first-order valence-corrected chi connectivity index (χ1v) is 11.4. The molecule has 0 aliphatic rings. The number of unbranched alkanes of at least 4 members (excludes halogenated alkanes) is 3. The molecule has 0 fully saturated rings. The molecule has 0 atom stereocenters. The Morgan fingerprint density at radius 1 is 0.882 bits per heavy atom. The Morgan fingerprint density at radius 3 is 2.32 bits per heavy atom. The van der Waals surface area contributed by atoms with Gasteiger partial charge in [-0.15, -0.1) is 0 Å². The van der Waals surface area contributed by atoms with Crippen LogP contribution in [0.1, 0.15) is 59.1 Å². The van der Waals surface area contributed by atoms with Gasteiger partial charge in [-0.2, -0.15) is 0 Å². The van der Waals surface area contributed by atoms with Crippen molar-refractivity contribution in [3.05, 3.63) is 95.5 Å². The Labute approximate surface area is 197 Å². The van der Waals surface area contributed by atoms with Gasteiger partial charge in [-0.25, -0.2) is 4.39 Å². The normalized spacial score (nSPS) is 10.9. The number of anilines is 1. The molecule has 0 radical (unpaired) electrons. The van der Waals surface area contributed by atoms with Gasteiger partial charge >= 0.3 is 0 Å². The first kappa shape index (κ1) is 23.2. The molecule has 1 N–H and O–H groups in total. The maximum absolute atomic E-state index is 13.3. The van der Waals surface area contributed by atoms with Crippen LogP contribution in [0.15, 0.2) is 77.2 Å². The predicted molar refractivity (Wildman–Crippen MR) is 130 cm³/mol.